The summed E-state index contributed by atoms with van der Waals surface area (Å²) >= 11 is 5.69. The van der Waals surface area contributed by atoms with Crippen molar-refractivity contribution in [2.75, 3.05) is 11.4 Å². The molecule has 0 fully saturated rings. The first-order valence-electron chi connectivity index (χ1n) is 5.69. The van der Waals surface area contributed by atoms with E-state index < -0.39 is 0 Å². The molecular weight excluding hydrogens is 222 g/mol. The summed E-state index contributed by atoms with van der Waals surface area (Å²) in [5, 5.41) is 8.30. The number of hydrogen-bond acceptors (Lipinski definition) is 3. The molecule has 0 aliphatic heterocycles. The van der Waals surface area contributed by atoms with Crippen molar-refractivity contribution in [3.63, 3.8) is 0 Å². The van der Waals surface area contributed by atoms with Gasteiger partial charge in [0.1, 0.15) is 0 Å². The molecule has 3 nitrogen and oxygen atoms in total. The molecule has 0 unspecified atom stereocenters. The van der Waals surface area contributed by atoms with Gasteiger partial charge in [0.2, 0.25) is 0 Å². The summed E-state index contributed by atoms with van der Waals surface area (Å²) in [5.74, 6) is 1.95. The Balaban J connectivity index is 2.84. The minimum Gasteiger partial charge on any atom is -0.352 e. The topological polar surface area (TPSA) is 29.0 Å². The van der Waals surface area contributed by atoms with Gasteiger partial charge in [-0.1, -0.05) is 13.8 Å². The molecule has 1 heterocycles. The molecule has 0 radical (unpaired) electrons. The third kappa shape index (κ3) is 3.63. The summed E-state index contributed by atoms with van der Waals surface area (Å²) in [7, 11) is 0. The fourth-order valence-electron chi connectivity index (χ4n) is 1.54. The van der Waals surface area contributed by atoms with Gasteiger partial charge in [-0.15, -0.1) is 16.7 Å². The van der Waals surface area contributed by atoms with E-state index in [1.807, 2.05) is 12.1 Å². The second-order valence-electron chi connectivity index (χ2n) is 4.66. The highest BCUT2D eigenvalue weighted by Gasteiger charge is 2.13. The van der Waals surface area contributed by atoms with Crippen LogP contribution in [0.4, 0.5) is 5.82 Å². The molecular formula is C12H20ClN3. The van der Waals surface area contributed by atoms with Gasteiger partial charge in [0.25, 0.3) is 0 Å². The van der Waals surface area contributed by atoms with Crippen LogP contribution in [0.3, 0.4) is 0 Å². The maximum Gasteiger partial charge on any atom is 0.151 e. The van der Waals surface area contributed by atoms with E-state index in [2.05, 4.69) is 42.8 Å². The molecule has 0 atom stereocenters. The fourth-order valence-corrected chi connectivity index (χ4v) is 1.68. The van der Waals surface area contributed by atoms with Crippen LogP contribution in [0, 0.1) is 5.92 Å². The van der Waals surface area contributed by atoms with E-state index in [-0.39, 0.29) is 0 Å². The van der Waals surface area contributed by atoms with E-state index in [0.29, 0.717) is 17.8 Å². The standard InChI is InChI=1S/C12H20ClN3/c1-9(2)8-16(10(3)4)12-6-5-11(7-13)14-15-12/h5-6,9-10H,7-8H2,1-4H3. The molecule has 0 saturated heterocycles. The number of anilines is 1. The summed E-state index contributed by atoms with van der Waals surface area (Å²) in [6.45, 7) is 9.73. The Labute approximate surface area is 103 Å². The predicted molar refractivity (Wildman–Crippen MR) is 68.9 cm³/mol. The van der Waals surface area contributed by atoms with Crippen molar-refractivity contribution < 1.29 is 0 Å². The summed E-state index contributed by atoms with van der Waals surface area (Å²) in [4.78, 5) is 2.26. The van der Waals surface area contributed by atoms with Crippen LogP contribution in [0.5, 0.6) is 0 Å². The molecule has 0 bridgehead atoms. The first-order valence-corrected chi connectivity index (χ1v) is 6.23. The van der Waals surface area contributed by atoms with Crippen molar-refractivity contribution >= 4 is 17.4 Å². The Morgan fingerprint density at radius 2 is 1.88 bits per heavy atom. The Hall–Kier alpha value is -0.830. The molecule has 0 aliphatic rings. The Morgan fingerprint density at radius 1 is 1.19 bits per heavy atom. The lowest BCUT2D eigenvalue weighted by atomic mass is 10.2. The van der Waals surface area contributed by atoms with E-state index in [1.165, 1.54) is 0 Å². The summed E-state index contributed by atoms with van der Waals surface area (Å²) < 4.78 is 0. The lowest BCUT2D eigenvalue weighted by molar-refractivity contribution is 0.563. The molecule has 90 valence electrons. The zero-order valence-electron chi connectivity index (χ0n) is 10.4. The molecule has 0 aromatic carbocycles. The van der Waals surface area contributed by atoms with Crippen LogP contribution in [0.15, 0.2) is 12.1 Å². The highest BCUT2D eigenvalue weighted by molar-refractivity contribution is 6.16. The fraction of sp³-hybridized carbons (Fsp3) is 0.667. The molecule has 0 amide bonds. The Morgan fingerprint density at radius 3 is 2.25 bits per heavy atom. The Bertz CT molecular complexity index is 309. The first kappa shape index (κ1) is 13.2. The first-order chi connectivity index (χ1) is 7.54. The summed E-state index contributed by atoms with van der Waals surface area (Å²) in [6.07, 6.45) is 0. The van der Waals surface area contributed by atoms with E-state index in [0.717, 1.165) is 18.1 Å². The molecule has 1 aromatic heterocycles. The minimum absolute atomic E-state index is 0.416. The quantitative estimate of drug-likeness (QED) is 0.742. The van der Waals surface area contributed by atoms with E-state index in [4.69, 9.17) is 11.6 Å². The number of hydrogen-bond donors (Lipinski definition) is 0. The van der Waals surface area contributed by atoms with Crippen LogP contribution in [-0.2, 0) is 5.88 Å². The monoisotopic (exact) mass is 241 g/mol. The van der Waals surface area contributed by atoms with Gasteiger partial charge in [-0.3, -0.25) is 0 Å². The molecule has 1 aromatic rings. The van der Waals surface area contributed by atoms with E-state index >= 15 is 0 Å². The molecule has 1 rings (SSSR count). The molecule has 0 aliphatic carbocycles. The lowest BCUT2D eigenvalue weighted by Crippen LogP contribution is -2.35. The van der Waals surface area contributed by atoms with Gasteiger partial charge in [-0.2, -0.15) is 5.10 Å². The third-order valence-electron chi connectivity index (χ3n) is 2.32. The lowest BCUT2D eigenvalue weighted by Gasteiger charge is -2.29. The van der Waals surface area contributed by atoms with Gasteiger partial charge in [-0.25, -0.2) is 0 Å². The van der Waals surface area contributed by atoms with Crippen LogP contribution in [-0.4, -0.2) is 22.8 Å². The number of nitrogens with zero attached hydrogens (tertiary/aromatic N) is 3. The van der Waals surface area contributed by atoms with Crippen LogP contribution < -0.4 is 4.90 Å². The highest BCUT2D eigenvalue weighted by Crippen LogP contribution is 2.15. The normalized spacial score (nSPS) is 11.2. The van der Waals surface area contributed by atoms with Gasteiger partial charge in [-0.05, 0) is 31.9 Å². The SMILES string of the molecule is CC(C)CN(c1ccc(CCl)nn1)C(C)C. The minimum atomic E-state index is 0.416. The van der Waals surface area contributed by atoms with Gasteiger partial charge in [0, 0.05) is 12.6 Å². The van der Waals surface area contributed by atoms with E-state index in [9.17, 15) is 0 Å². The van der Waals surface area contributed by atoms with Crippen molar-refractivity contribution in [1.82, 2.24) is 10.2 Å². The molecule has 0 saturated carbocycles. The van der Waals surface area contributed by atoms with Gasteiger partial charge < -0.3 is 4.90 Å². The van der Waals surface area contributed by atoms with Crippen molar-refractivity contribution in [3.05, 3.63) is 17.8 Å². The second-order valence-corrected chi connectivity index (χ2v) is 4.92. The average Bonchev–Trinajstić information content (AvgIpc) is 2.25. The molecule has 0 N–H and O–H groups in total. The largest absolute Gasteiger partial charge is 0.352 e. The van der Waals surface area contributed by atoms with Crippen LogP contribution in [0.2, 0.25) is 0 Å². The van der Waals surface area contributed by atoms with Crippen LogP contribution in [0.1, 0.15) is 33.4 Å². The summed E-state index contributed by atoms with van der Waals surface area (Å²) in [6, 6.07) is 4.36. The van der Waals surface area contributed by atoms with Crippen molar-refractivity contribution in [1.29, 1.82) is 0 Å². The smallest absolute Gasteiger partial charge is 0.151 e. The molecule has 0 spiro atoms. The van der Waals surface area contributed by atoms with E-state index in [1.54, 1.807) is 0 Å². The van der Waals surface area contributed by atoms with Crippen LogP contribution in [0.25, 0.3) is 0 Å². The van der Waals surface area contributed by atoms with Crippen molar-refractivity contribution in [2.24, 2.45) is 5.92 Å². The number of rotatable bonds is 5. The zero-order chi connectivity index (χ0) is 12.1. The van der Waals surface area contributed by atoms with Crippen LogP contribution >= 0.6 is 11.6 Å². The predicted octanol–water partition coefficient (Wildman–Crippen LogP) is 3.09. The van der Waals surface area contributed by atoms with Gasteiger partial charge in [0.15, 0.2) is 5.82 Å². The van der Waals surface area contributed by atoms with Gasteiger partial charge >= 0.3 is 0 Å². The number of halogens is 1. The highest BCUT2D eigenvalue weighted by atomic mass is 35.5. The number of alkyl halides is 1. The summed E-state index contributed by atoms with van der Waals surface area (Å²) in [5.41, 5.74) is 0.818. The Kier molecular flexibility index (Phi) is 5.00. The molecule has 16 heavy (non-hydrogen) atoms. The molecule has 4 heteroatoms. The average molecular weight is 242 g/mol. The zero-order valence-corrected chi connectivity index (χ0v) is 11.2. The van der Waals surface area contributed by atoms with Gasteiger partial charge in [0.05, 0.1) is 11.6 Å². The number of aromatic nitrogens is 2. The second kappa shape index (κ2) is 6.04. The maximum atomic E-state index is 5.69. The third-order valence-corrected chi connectivity index (χ3v) is 2.60. The van der Waals surface area contributed by atoms with Crippen molar-refractivity contribution in [2.45, 2.75) is 39.6 Å². The maximum absolute atomic E-state index is 5.69. The van der Waals surface area contributed by atoms with Crippen molar-refractivity contribution in [3.8, 4) is 0 Å².